The van der Waals surface area contributed by atoms with Crippen molar-refractivity contribution in [2.24, 2.45) is 5.92 Å². The predicted octanol–water partition coefficient (Wildman–Crippen LogP) is 8.11. The first-order chi connectivity index (χ1) is 17.1. The third kappa shape index (κ3) is 16.7. The van der Waals surface area contributed by atoms with Crippen molar-refractivity contribution in [2.75, 3.05) is 13.7 Å². The van der Waals surface area contributed by atoms with Crippen molar-refractivity contribution in [3.05, 3.63) is 0 Å². The summed E-state index contributed by atoms with van der Waals surface area (Å²) in [5.41, 5.74) is 0. The van der Waals surface area contributed by atoms with Crippen molar-refractivity contribution in [1.29, 1.82) is 0 Å². The first kappa shape index (κ1) is 32.4. The molecule has 0 radical (unpaired) electrons. The van der Waals surface area contributed by atoms with E-state index in [4.69, 9.17) is 14.2 Å². The molecule has 0 aromatic heterocycles. The van der Waals surface area contributed by atoms with Crippen LogP contribution in [0.3, 0.4) is 0 Å². The van der Waals surface area contributed by atoms with E-state index in [-0.39, 0.29) is 18.4 Å². The van der Waals surface area contributed by atoms with E-state index in [1.807, 2.05) is 6.92 Å². The van der Waals surface area contributed by atoms with Gasteiger partial charge in [-0.1, -0.05) is 110 Å². The molecule has 1 unspecified atom stereocenters. The molecule has 1 heterocycles. The molecule has 1 fully saturated rings. The SMILES string of the molecule is CCCCCCCCCCCCCCCCC[C@@H](C[C@H](O)[C@H](CC)C(=O)OC)OC1CCCCO1. The Kier molecular flexibility index (Phi) is 20.9. The minimum Gasteiger partial charge on any atom is -0.469 e. The fourth-order valence-corrected chi connectivity index (χ4v) is 5.20. The molecule has 0 saturated carbocycles. The zero-order valence-corrected chi connectivity index (χ0v) is 23.4. The second kappa shape index (κ2) is 22.5. The minimum absolute atomic E-state index is 0.0752. The normalized spacial score (nSPS) is 18.8. The molecule has 0 aliphatic carbocycles. The molecule has 0 amide bonds. The number of methoxy groups -OCH3 is 1. The van der Waals surface area contributed by atoms with Crippen LogP contribution in [0.4, 0.5) is 0 Å². The van der Waals surface area contributed by atoms with E-state index in [1.54, 1.807) is 0 Å². The second-order valence-electron chi connectivity index (χ2n) is 10.6. The Bertz CT molecular complexity index is 477. The third-order valence-corrected chi connectivity index (χ3v) is 7.52. The van der Waals surface area contributed by atoms with E-state index in [0.717, 1.165) is 38.7 Å². The lowest BCUT2D eigenvalue weighted by molar-refractivity contribution is -0.196. The van der Waals surface area contributed by atoms with Gasteiger partial charge >= 0.3 is 5.97 Å². The van der Waals surface area contributed by atoms with E-state index in [0.29, 0.717) is 12.8 Å². The number of carbonyl (C=O) groups is 1. The molecular weight excluding hydrogens is 440 g/mol. The van der Waals surface area contributed by atoms with Gasteiger partial charge in [0.25, 0.3) is 0 Å². The third-order valence-electron chi connectivity index (χ3n) is 7.52. The number of aliphatic hydroxyl groups is 1. The average molecular weight is 499 g/mol. The van der Waals surface area contributed by atoms with Crippen LogP contribution in [-0.2, 0) is 19.0 Å². The van der Waals surface area contributed by atoms with Gasteiger partial charge in [0.15, 0.2) is 6.29 Å². The lowest BCUT2D eigenvalue weighted by atomic mass is 9.93. The van der Waals surface area contributed by atoms with Gasteiger partial charge in [-0.15, -0.1) is 0 Å². The van der Waals surface area contributed by atoms with Crippen molar-refractivity contribution in [3.8, 4) is 0 Å². The molecule has 1 N–H and O–H groups in total. The van der Waals surface area contributed by atoms with Crippen LogP contribution in [0.1, 0.15) is 149 Å². The highest BCUT2D eigenvalue weighted by atomic mass is 16.7. The van der Waals surface area contributed by atoms with Crippen LogP contribution < -0.4 is 0 Å². The molecule has 0 aromatic carbocycles. The summed E-state index contributed by atoms with van der Waals surface area (Å²) >= 11 is 0. The fourth-order valence-electron chi connectivity index (χ4n) is 5.20. The van der Waals surface area contributed by atoms with E-state index in [9.17, 15) is 9.90 Å². The van der Waals surface area contributed by atoms with Crippen LogP contribution in [-0.4, -0.2) is 43.3 Å². The Hall–Kier alpha value is -0.650. The number of carbonyl (C=O) groups excluding carboxylic acids is 1. The molecule has 1 rings (SSSR count). The molecular formula is C30H58O5. The summed E-state index contributed by atoms with van der Waals surface area (Å²) < 4.78 is 16.9. The van der Waals surface area contributed by atoms with E-state index < -0.39 is 12.0 Å². The standard InChI is InChI=1S/C30H58O5/c1-4-6-7-8-9-10-11-12-13-14-15-16-17-18-19-22-26(35-29-23-20-21-24-34-29)25-28(31)27(5-2)30(32)33-3/h26-29,31H,4-25H2,1-3H3/t26-,27-,28-,29?/m0/s1. The molecule has 0 aromatic rings. The Balaban J connectivity index is 2.17. The van der Waals surface area contributed by atoms with Crippen molar-refractivity contribution in [3.63, 3.8) is 0 Å². The molecule has 4 atom stereocenters. The molecule has 0 spiro atoms. The monoisotopic (exact) mass is 498 g/mol. The Morgan fingerprint density at radius 3 is 1.86 bits per heavy atom. The van der Waals surface area contributed by atoms with Crippen LogP contribution in [0.25, 0.3) is 0 Å². The van der Waals surface area contributed by atoms with Gasteiger partial charge in [0, 0.05) is 13.0 Å². The van der Waals surface area contributed by atoms with Crippen molar-refractivity contribution >= 4 is 5.97 Å². The van der Waals surface area contributed by atoms with Crippen molar-refractivity contribution in [2.45, 2.75) is 167 Å². The molecule has 208 valence electrons. The number of esters is 1. The summed E-state index contributed by atoms with van der Waals surface area (Å²) in [6.45, 7) is 4.94. The highest BCUT2D eigenvalue weighted by Crippen LogP contribution is 2.24. The van der Waals surface area contributed by atoms with E-state index >= 15 is 0 Å². The van der Waals surface area contributed by atoms with Gasteiger partial charge in [0.05, 0.1) is 25.2 Å². The zero-order chi connectivity index (χ0) is 25.6. The molecule has 5 nitrogen and oxygen atoms in total. The van der Waals surface area contributed by atoms with Gasteiger partial charge in [-0.05, 0) is 32.1 Å². The summed E-state index contributed by atoms with van der Waals surface area (Å²) in [5, 5.41) is 10.7. The van der Waals surface area contributed by atoms with Gasteiger partial charge in [-0.3, -0.25) is 4.79 Å². The Morgan fingerprint density at radius 1 is 0.857 bits per heavy atom. The quantitative estimate of drug-likeness (QED) is 0.114. The highest BCUT2D eigenvalue weighted by molar-refractivity contribution is 5.72. The number of hydrogen-bond acceptors (Lipinski definition) is 5. The Morgan fingerprint density at radius 2 is 1.40 bits per heavy atom. The predicted molar refractivity (Wildman–Crippen MR) is 144 cm³/mol. The molecule has 5 heteroatoms. The average Bonchev–Trinajstić information content (AvgIpc) is 2.87. The number of aliphatic hydroxyl groups excluding tert-OH is 1. The maximum absolute atomic E-state index is 12.0. The molecule has 1 aliphatic rings. The van der Waals surface area contributed by atoms with Crippen LogP contribution in [0.15, 0.2) is 0 Å². The first-order valence-electron chi connectivity index (χ1n) is 15.1. The number of rotatable bonds is 23. The van der Waals surface area contributed by atoms with Gasteiger partial charge in [-0.2, -0.15) is 0 Å². The molecule has 0 bridgehead atoms. The summed E-state index contributed by atoms with van der Waals surface area (Å²) in [4.78, 5) is 12.0. The van der Waals surface area contributed by atoms with Crippen LogP contribution in [0.2, 0.25) is 0 Å². The lowest BCUT2D eigenvalue weighted by Gasteiger charge is -2.30. The second-order valence-corrected chi connectivity index (χ2v) is 10.6. The summed E-state index contributed by atoms with van der Waals surface area (Å²) in [5.74, 6) is -0.820. The van der Waals surface area contributed by atoms with Crippen LogP contribution in [0.5, 0.6) is 0 Å². The maximum Gasteiger partial charge on any atom is 0.311 e. The van der Waals surface area contributed by atoms with Crippen molar-refractivity contribution in [1.82, 2.24) is 0 Å². The van der Waals surface area contributed by atoms with Crippen molar-refractivity contribution < 1.29 is 24.1 Å². The van der Waals surface area contributed by atoms with Gasteiger partial charge in [-0.25, -0.2) is 0 Å². The van der Waals surface area contributed by atoms with Crippen LogP contribution in [0, 0.1) is 5.92 Å². The lowest BCUT2D eigenvalue weighted by Crippen LogP contribution is -2.35. The summed E-state index contributed by atoms with van der Waals surface area (Å²) in [7, 11) is 1.39. The van der Waals surface area contributed by atoms with Gasteiger partial charge < -0.3 is 19.3 Å². The Labute approximate surface area is 217 Å². The number of hydrogen-bond donors (Lipinski definition) is 1. The molecule has 1 saturated heterocycles. The summed E-state index contributed by atoms with van der Waals surface area (Å²) in [6, 6.07) is 0. The highest BCUT2D eigenvalue weighted by Gasteiger charge is 2.30. The fraction of sp³-hybridized carbons (Fsp3) is 0.967. The van der Waals surface area contributed by atoms with E-state index in [2.05, 4.69) is 6.92 Å². The largest absolute Gasteiger partial charge is 0.469 e. The molecule has 1 aliphatic heterocycles. The topological polar surface area (TPSA) is 65.0 Å². The minimum atomic E-state index is -0.739. The first-order valence-corrected chi connectivity index (χ1v) is 15.1. The van der Waals surface area contributed by atoms with E-state index in [1.165, 1.54) is 97.0 Å². The number of unbranched alkanes of at least 4 members (excludes halogenated alkanes) is 14. The van der Waals surface area contributed by atoms with Gasteiger partial charge in [0.2, 0.25) is 0 Å². The summed E-state index contributed by atoms with van der Waals surface area (Å²) in [6.07, 6.45) is 24.3. The molecule has 35 heavy (non-hydrogen) atoms. The number of ether oxygens (including phenoxy) is 3. The smallest absolute Gasteiger partial charge is 0.311 e. The zero-order valence-electron chi connectivity index (χ0n) is 23.4. The van der Waals surface area contributed by atoms with Crippen LogP contribution >= 0.6 is 0 Å². The maximum atomic E-state index is 12.0. The van der Waals surface area contributed by atoms with Gasteiger partial charge in [0.1, 0.15) is 0 Å².